The van der Waals surface area contributed by atoms with Crippen molar-refractivity contribution in [3.63, 3.8) is 0 Å². The van der Waals surface area contributed by atoms with Gasteiger partial charge in [0.15, 0.2) is 0 Å². The lowest BCUT2D eigenvalue weighted by molar-refractivity contribution is -0.115. The van der Waals surface area contributed by atoms with Crippen molar-refractivity contribution in [2.24, 2.45) is 0 Å². The lowest BCUT2D eigenvalue weighted by Crippen LogP contribution is -2.14. The van der Waals surface area contributed by atoms with E-state index in [4.69, 9.17) is 27.9 Å². The molecule has 3 nitrogen and oxygen atoms in total. The average Bonchev–Trinajstić information content (AvgIpc) is 2.81. The Morgan fingerprint density at radius 2 is 1.62 bits per heavy atom. The summed E-state index contributed by atoms with van der Waals surface area (Å²) in [7, 11) is 0. The van der Waals surface area contributed by atoms with E-state index in [1.54, 1.807) is 23.9 Å². The van der Waals surface area contributed by atoms with Gasteiger partial charge in [0.25, 0.3) is 0 Å². The number of anilines is 1. The van der Waals surface area contributed by atoms with E-state index in [1.165, 1.54) is 4.90 Å². The normalized spacial score (nSPS) is 10.7. The number of carbonyl (C=O) groups excluding carboxylic acids is 1. The molecule has 4 aromatic rings. The molecule has 0 radical (unpaired) electrons. The molecule has 0 atom stereocenters. The monoisotopic (exact) mass is 507 g/mol. The first kappa shape index (κ1) is 24.2. The molecule has 0 fully saturated rings. The van der Waals surface area contributed by atoms with Crippen molar-refractivity contribution in [2.75, 3.05) is 11.1 Å². The van der Waals surface area contributed by atoms with Gasteiger partial charge in [-0.25, -0.2) is 0 Å². The molecule has 172 valence electrons. The van der Waals surface area contributed by atoms with Crippen LogP contribution < -0.4 is 10.1 Å². The van der Waals surface area contributed by atoms with Gasteiger partial charge in [0.05, 0.1) is 6.42 Å². The van der Waals surface area contributed by atoms with Gasteiger partial charge in [0.2, 0.25) is 5.91 Å². The van der Waals surface area contributed by atoms with Crippen LogP contribution in [-0.4, -0.2) is 11.7 Å². The maximum Gasteiger partial charge on any atom is 0.228 e. The lowest BCUT2D eigenvalue weighted by atomic mass is 10.0. The Labute approximate surface area is 214 Å². The molecule has 34 heavy (non-hydrogen) atoms. The molecule has 4 aromatic carbocycles. The van der Waals surface area contributed by atoms with E-state index in [0.717, 1.165) is 22.4 Å². The number of ether oxygens (including phenoxy) is 1. The van der Waals surface area contributed by atoms with Gasteiger partial charge in [-0.2, -0.15) is 0 Å². The van der Waals surface area contributed by atoms with Crippen LogP contribution in [0.1, 0.15) is 12.5 Å². The van der Waals surface area contributed by atoms with Gasteiger partial charge in [0.1, 0.15) is 11.5 Å². The van der Waals surface area contributed by atoms with Crippen molar-refractivity contribution in [3.8, 4) is 22.6 Å². The van der Waals surface area contributed by atoms with Gasteiger partial charge >= 0.3 is 0 Å². The molecular weight excluding hydrogens is 485 g/mol. The number of hydrogen-bond acceptors (Lipinski definition) is 3. The second-order valence-corrected chi connectivity index (χ2v) is 9.79. The molecule has 1 N–H and O–H groups in total. The highest BCUT2D eigenvalue weighted by molar-refractivity contribution is 7.99. The molecule has 0 saturated carbocycles. The van der Waals surface area contributed by atoms with Crippen molar-refractivity contribution in [3.05, 3.63) is 107 Å². The molecule has 0 bridgehead atoms. The summed E-state index contributed by atoms with van der Waals surface area (Å²) in [4.78, 5) is 13.9. The molecule has 1 amide bonds. The van der Waals surface area contributed by atoms with E-state index in [9.17, 15) is 4.79 Å². The van der Waals surface area contributed by atoms with E-state index in [1.807, 2.05) is 78.9 Å². The zero-order chi connectivity index (χ0) is 23.9. The minimum atomic E-state index is -0.0971. The first-order valence-electron chi connectivity index (χ1n) is 10.8. The standard InChI is InChI=1S/C28H23Cl2NO2S/c1-2-34-25-12-9-19(10-13-25)15-28(32)31-23-11-14-26(20-5-3-6-21(29)16-20)27(18-23)33-24-8-4-7-22(30)17-24/h3-14,16-18H,2,15H2,1H3,(H,31,32). The van der Waals surface area contributed by atoms with Crippen molar-refractivity contribution in [1.29, 1.82) is 0 Å². The summed E-state index contributed by atoms with van der Waals surface area (Å²) in [5.74, 6) is 2.11. The summed E-state index contributed by atoms with van der Waals surface area (Å²) < 4.78 is 6.18. The second-order valence-electron chi connectivity index (χ2n) is 7.58. The van der Waals surface area contributed by atoms with E-state index in [-0.39, 0.29) is 12.3 Å². The fourth-order valence-corrected chi connectivity index (χ4v) is 4.53. The number of amides is 1. The molecule has 0 aliphatic carbocycles. The molecule has 0 aliphatic heterocycles. The summed E-state index contributed by atoms with van der Waals surface area (Å²) in [5.41, 5.74) is 3.37. The predicted octanol–water partition coefficient (Wildman–Crippen LogP) is 8.75. The average molecular weight is 508 g/mol. The molecule has 0 unspecified atom stereocenters. The van der Waals surface area contributed by atoms with Gasteiger partial charge in [-0.3, -0.25) is 4.79 Å². The van der Waals surface area contributed by atoms with Crippen molar-refractivity contribution in [2.45, 2.75) is 18.2 Å². The van der Waals surface area contributed by atoms with Gasteiger partial charge in [-0.05, 0) is 71.5 Å². The number of hydrogen-bond donors (Lipinski definition) is 1. The summed E-state index contributed by atoms with van der Waals surface area (Å²) >= 11 is 14.1. The van der Waals surface area contributed by atoms with E-state index in [0.29, 0.717) is 27.2 Å². The Morgan fingerprint density at radius 3 is 2.32 bits per heavy atom. The topological polar surface area (TPSA) is 38.3 Å². The first-order chi connectivity index (χ1) is 16.5. The minimum absolute atomic E-state index is 0.0971. The Morgan fingerprint density at radius 1 is 0.882 bits per heavy atom. The second kappa shape index (κ2) is 11.5. The van der Waals surface area contributed by atoms with Crippen molar-refractivity contribution >= 4 is 46.6 Å². The third-order valence-electron chi connectivity index (χ3n) is 5.02. The van der Waals surface area contributed by atoms with Crippen molar-refractivity contribution < 1.29 is 9.53 Å². The zero-order valence-electron chi connectivity index (χ0n) is 18.6. The van der Waals surface area contributed by atoms with Gasteiger partial charge in [-0.1, -0.05) is 60.5 Å². The molecule has 0 heterocycles. The summed E-state index contributed by atoms with van der Waals surface area (Å²) in [6.45, 7) is 2.12. The Bertz CT molecular complexity index is 1290. The zero-order valence-corrected chi connectivity index (χ0v) is 20.9. The molecule has 0 aromatic heterocycles. The van der Waals surface area contributed by atoms with Gasteiger partial charge in [-0.15, -0.1) is 11.8 Å². The minimum Gasteiger partial charge on any atom is -0.457 e. The third-order valence-corrected chi connectivity index (χ3v) is 6.39. The maximum absolute atomic E-state index is 12.7. The van der Waals surface area contributed by atoms with Crippen LogP contribution in [0.25, 0.3) is 11.1 Å². The largest absolute Gasteiger partial charge is 0.457 e. The van der Waals surface area contributed by atoms with E-state index in [2.05, 4.69) is 12.2 Å². The number of rotatable bonds is 8. The fourth-order valence-electron chi connectivity index (χ4n) is 3.50. The number of benzene rings is 4. The van der Waals surface area contributed by atoms with Crippen LogP contribution in [0.2, 0.25) is 10.0 Å². The molecule has 0 spiro atoms. The van der Waals surface area contributed by atoms with E-state index < -0.39 is 0 Å². The smallest absolute Gasteiger partial charge is 0.228 e. The van der Waals surface area contributed by atoms with Crippen LogP contribution in [0.3, 0.4) is 0 Å². The first-order valence-corrected chi connectivity index (χ1v) is 12.6. The SMILES string of the molecule is CCSc1ccc(CC(=O)Nc2ccc(-c3cccc(Cl)c3)c(Oc3cccc(Cl)c3)c2)cc1. The van der Waals surface area contributed by atoms with Crippen molar-refractivity contribution in [1.82, 2.24) is 0 Å². The maximum atomic E-state index is 12.7. The third kappa shape index (κ3) is 6.57. The molecular formula is C28H23Cl2NO2S. The van der Waals surface area contributed by atoms with Crippen LogP contribution in [0, 0.1) is 0 Å². The highest BCUT2D eigenvalue weighted by Crippen LogP contribution is 2.37. The van der Waals surface area contributed by atoms with Crippen LogP contribution in [0.15, 0.2) is 95.9 Å². The predicted molar refractivity (Wildman–Crippen MR) is 144 cm³/mol. The van der Waals surface area contributed by atoms with Crippen LogP contribution >= 0.6 is 35.0 Å². The summed E-state index contributed by atoms with van der Waals surface area (Å²) in [6.07, 6.45) is 0.289. The molecule has 0 aliphatic rings. The van der Waals surface area contributed by atoms with Crippen LogP contribution in [0.4, 0.5) is 5.69 Å². The summed E-state index contributed by atoms with van der Waals surface area (Å²) in [6, 6.07) is 28.4. The van der Waals surface area contributed by atoms with Crippen LogP contribution in [-0.2, 0) is 11.2 Å². The number of thioether (sulfide) groups is 1. The highest BCUT2D eigenvalue weighted by atomic mass is 35.5. The molecule has 0 saturated heterocycles. The number of carbonyl (C=O) groups is 1. The Kier molecular flexibility index (Phi) is 8.17. The van der Waals surface area contributed by atoms with Gasteiger partial charge in [0, 0.05) is 32.3 Å². The molecule has 4 rings (SSSR count). The number of halogens is 2. The number of nitrogens with one attached hydrogen (secondary N) is 1. The van der Waals surface area contributed by atoms with Crippen LogP contribution in [0.5, 0.6) is 11.5 Å². The lowest BCUT2D eigenvalue weighted by Gasteiger charge is -2.15. The van der Waals surface area contributed by atoms with E-state index >= 15 is 0 Å². The summed E-state index contributed by atoms with van der Waals surface area (Å²) in [5, 5.41) is 4.19. The van der Waals surface area contributed by atoms with Gasteiger partial charge < -0.3 is 10.1 Å². The Hall–Kier alpha value is -2.92. The fraction of sp³-hybridized carbons (Fsp3) is 0.107. The highest BCUT2D eigenvalue weighted by Gasteiger charge is 2.12. The quantitative estimate of drug-likeness (QED) is 0.242. The molecule has 6 heteroatoms. The Balaban J connectivity index is 1.57.